The Morgan fingerprint density at radius 1 is 0.769 bits per heavy atom. The lowest BCUT2D eigenvalue weighted by molar-refractivity contribution is 0.415. The number of rotatable bonds is 4. The second kappa shape index (κ2) is 7.06. The first-order chi connectivity index (χ1) is 12.8. The lowest BCUT2D eigenvalue weighted by Gasteiger charge is -2.19. The quantitative estimate of drug-likeness (QED) is 0.453. The van der Waals surface area contributed by atoms with Crippen LogP contribution in [0.5, 0.6) is 11.5 Å². The van der Waals surface area contributed by atoms with Crippen LogP contribution in [0.2, 0.25) is 0 Å². The first-order valence-corrected chi connectivity index (χ1v) is 9.26. The van der Waals surface area contributed by atoms with E-state index in [2.05, 4.69) is 0 Å². The standard InChI is InChI=1S/C23H18O2S/c1-25-19-15-18(20-13-8-14-26-20)23(24)22(17-11-6-3-7-12-17)21(19)16-9-4-2-5-10-16/h2-15,24H,1H3. The molecule has 0 spiro atoms. The molecule has 0 fully saturated rings. The first-order valence-electron chi connectivity index (χ1n) is 8.38. The van der Waals surface area contributed by atoms with E-state index in [0.717, 1.165) is 38.4 Å². The van der Waals surface area contributed by atoms with Crippen LogP contribution in [0.3, 0.4) is 0 Å². The molecule has 1 N–H and O–H groups in total. The van der Waals surface area contributed by atoms with Gasteiger partial charge in [-0.05, 0) is 28.6 Å². The molecule has 26 heavy (non-hydrogen) atoms. The Morgan fingerprint density at radius 2 is 1.38 bits per heavy atom. The van der Waals surface area contributed by atoms with E-state index in [1.54, 1.807) is 18.4 Å². The largest absolute Gasteiger partial charge is 0.507 e. The van der Waals surface area contributed by atoms with Crippen LogP contribution >= 0.6 is 11.3 Å². The molecule has 0 aliphatic carbocycles. The highest BCUT2D eigenvalue weighted by molar-refractivity contribution is 7.13. The van der Waals surface area contributed by atoms with Crippen LogP contribution in [-0.2, 0) is 0 Å². The number of ether oxygens (including phenoxy) is 1. The summed E-state index contributed by atoms with van der Waals surface area (Å²) in [4.78, 5) is 1.01. The Balaban J connectivity index is 2.09. The van der Waals surface area contributed by atoms with Crippen molar-refractivity contribution in [3.8, 4) is 44.2 Å². The van der Waals surface area contributed by atoms with Gasteiger partial charge in [0.05, 0.1) is 7.11 Å². The third kappa shape index (κ3) is 2.87. The van der Waals surface area contributed by atoms with Crippen molar-refractivity contribution in [2.45, 2.75) is 0 Å². The number of thiophene rings is 1. The lowest BCUT2D eigenvalue weighted by atomic mass is 9.90. The predicted molar refractivity (Wildman–Crippen MR) is 109 cm³/mol. The molecule has 0 unspecified atom stereocenters. The molecule has 0 amide bonds. The normalized spacial score (nSPS) is 10.7. The minimum Gasteiger partial charge on any atom is -0.507 e. The number of phenols is 1. The van der Waals surface area contributed by atoms with Gasteiger partial charge in [-0.15, -0.1) is 11.3 Å². The van der Waals surface area contributed by atoms with Crippen molar-refractivity contribution in [1.29, 1.82) is 0 Å². The molecule has 0 saturated carbocycles. The molecule has 4 rings (SSSR count). The van der Waals surface area contributed by atoms with Crippen molar-refractivity contribution >= 4 is 11.3 Å². The molecular weight excluding hydrogens is 340 g/mol. The molecule has 2 nitrogen and oxygen atoms in total. The van der Waals surface area contributed by atoms with Gasteiger partial charge in [-0.3, -0.25) is 0 Å². The second-order valence-electron chi connectivity index (χ2n) is 5.93. The van der Waals surface area contributed by atoms with Crippen molar-refractivity contribution in [3.63, 3.8) is 0 Å². The highest BCUT2D eigenvalue weighted by Gasteiger charge is 2.22. The van der Waals surface area contributed by atoms with Crippen LogP contribution < -0.4 is 4.74 Å². The van der Waals surface area contributed by atoms with Crippen molar-refractivity contribution in [2.75, 3.05) is 7.11 Å². The monoisotopic (exact) mass is 358 g/mol. The van der Waals surface area contributed by atoms with Crippen molar-refractivity contribution in [1.82, 2.24) is 0 Å². The van der Waals surface area contributed by atoms with E-state index in [-0.39, 0.29) is 5.75 Å². The zero-order valence-corrected chi connectivity index (χ0v) is 15.2. The summed E-state index contributed by atoms with van der Waals surface area (Å²) in [7, 11) is 1.67. The van der Waals surface area contributed by atoms with Gasteiger partial charge < -0.3 is 9.84 Å². The van der Waals surface area contributed by atoms with Crippen LogP contribution in [0.25, 0.3) is 32.7 Å². The molecule has 3 aromatic carbocycles. The smallest absolute Gasteiger partial charge is 0.132 e. The average Bonchev–Trinajstić information content (AvgIpc) is 3.23. The molecule has 128 valence electrons. The van der Waals surface area contributed by atoms with Crippen LogP contribution in [0.15, 0.2) is 84.2 Å². The number of aromatic hydroxyl groups is 1. The Kier molecular flexibility index (Phi) is 4.46. The second-order valence-corrected chi connectivity index (χ2v) is 6.88. The fourth-order valence-electron chi connectivity index (χ4n) is 3.21. The molecule has 1 heterocycles. The van der Waals surface area contributed by atoms with E-state index in [1.165, 1.54) is 0 Å². The Bertz CT molecular complexity index is 1010. The molecule has 0 radical (unpaired) electrons. The molecule has 0 saturated heterocycles. The molecule has 0 aliphatic rings. The van der Waals surface area contributed by atoms with E-state index in [1.807, 2.05) is 84.2 Å². The molecule has 0 bridgehead atoms. The maximum atomic E-state index is 11.2. The predicted octanol–water partition coefficient (Wildman–Crippen LogP) is 6.46. The highest BCUT2D eigenvalue weighted by atomic mass is 32.1. The summed E-state index contributed by atoms with van der Waals surface area (Å²) in [6.07, 6.45) is 0. The van der Waals surface area contributed by atoms with E-state index in [0.29, 0.717) is 0 Å². The number of hydrogen-bond acceptors (Lipinski definition) is 3. The van der Waals surface area contributed by atoms with Gasteiger partial charge >= 0.3 is 0 Å². The minimum absolute atomic E-state index is 0.276. The van der Waals surface area contributed by atoms with Gasteiger partial charge in [0.2, 0.25) is 0 Å². The van der Waals surface area contributed by atoms with Gasteiger partial charge in [0.25, 0.3) is 0 Å². The van der Waals surface area contributed by atoms with Gasteiger partial charge in [0, 0.05) is 21.6 Å². The third-order valence-electron chi connectivity index (χ3n) is 4.40. The number of hydrogen-bond donors (Lipinski definition) is 1. The van der Waals surface area contributed by atoms with E-state index in [4.69, 9.17) is 4.74 Å². The summed E-state index contributed by atoms with van der Waals surface area (Å²) in [6, 6.07) is 25.9. The minimum atomic E-state index is 0.276. The van der Waals surface area contributed by atoms with Gasteiger partial charge in [-0.25, -0.2) is 0 Å². The number of methoxy groups -OCH3 is 1. The maximum absolute atomic E-state index is 11.2. The summed E-state index contributed by atoms with van der Waals surface area (Å²) in [5.74, 6) is 1.02. The molecular formula is C23H18O2S. The Hall–Kier alpha value is -3.04. The van der Waals surface area contributed by atoms with Gasteiger partial charge in [0.1, 0.15) is 11.5 Å². The van der Waals surface area contributed by atoms with Crippen molar-refractivity contribution in [2.24, 2.45) is 0 Å². The van der Waals surface area contributed by atoms with Crippen molar-refractivity contribution in [3.05, 3.63) is 84.2 Å². The maximum Gasteiger partial charge on any atom is 0.132 e. The number of phenolic OH excluding ortho intramolecular Hbond substituents is 1. The van der Waals surface area contributed by atoms with Crippen molar-refractivity contribution < 1.29 is 9.84 Å². The third-order valence-corrected chi connectivity index (χ3v) is 5.30. The van der Waals surface area contributed by atoms with Crippen LogP contribution in [0.4, 0.5) is 0 Å². The van der Waals surface area contributed by atoms with Crippen LogP contribution in [0.1, 0.15) is 0 Å². The SMILES string of the molecule is COc1cc(-c2cccs2)c(O)c(-c2ccccc2)c1-c1ccccc1. The summed E-state index contributed by atoms with van der Waals surface area (Å²) < 4.78 is 5.75. The zero-order chi connectivity index (χ0) is 17.9. The topological polar surface area (TPSA) is 29.5 Å². The molecule has 0 aliphatic heterocycles. The number of benzene rings is 3. The zero-order valence-electron chi connectivity index (χ0n) is 14.3. The van der Waals surface area contributed by atoms with Gasteiger partial charge in [-0.1, -0.05) is 66.7 Å². The van der Waals surface area contributed by atoms with E-state index in [9.17, 15) is 5.11 Å². The van der Waals surface area contributed by atoms with E-state index >= 15 is 0 Å². The molecule has 3 heteroatoms. The molecule has 4 aromatic rings. The summed E-state index contributed by atoms with van der Waals surface area (Å²) in [5.41, 5.74) is 4.45. The summed E-state index contributed by atoms with van der Waals surface area (Å²) >= 11 is 1.60. The summed E-state index contributed by atoms with van der Waals surface area (Å²) in [5, 5.41) is 13.2. The lowest BCUT2D eigenvalue weighted by Crippen LogP contribution is -1.94. The first kappa shape index (κ1) is 16.4. The average molecular weight is 358 g/mol. The summed E-state index contributed by atoms with van der Waals surface area (Å²) in [6.45, 7) is 0. The van der Waals surface area contributed by atoms with Gasteiger partial charge in [0.15, 0.2) is 0 Å². The molecule has 1 aromatic heterocycles. The van der Waals surface area contributed by atoms with Crippen LogP contribution in [0, 0.1) is 0 Å². The fourth-order valence-corrected chi connectivity index (χ4v) is 3.95. The van der Waals surface area contributed by atoms with Gasteiger partial charge in [-0.2, -0.15) is 0 Å². The Labute approximate surface area is 157 Å². The Morgan fingerprint density at radius 3 is 1.92 bits per heavy atom. The highest BCUT2D eigenvalue weighted by Crippen LogP contribution is 2.50. The molecule has 0 atom stereocenters. The van der Waals surface area contributed by atoms with Crippen LogP contribution in [-0.4, -0.2) is 12.2 Å². The van der Waals surface area contributed by atoms with E-state index < -0.39 is 0 Å². The fraction of sp³-hybridized carbons (Fsp3) is 0.0435.